The van der Waals surface area contributed by atoms with Gasteiger partial charge >= 0.3 is 0 Å². The summed E-state index contributed by atoms with van der Waals surface area (Å²) in [4.78, 5) is 0. The number of aromatic nitrogens is 2. The van der Waals surface area contributed by atoms with Gasteiger partial charge in [-0.1, -0.05) is 6.07 Å². The van der Waals surface area contributed by atoms with E-state index in [4.69, 9.17) is 10.9 Å². The Hall–Kier alpha value is -1.95. The van der Waals surface area contributed by atoms with Gasteiger partial charge in [0.15, 0.2) is 0 Å². The molecule has 0 amide bonds. The van der Waals surface area contributed by atoms with E-state index in [1.54, 1.807) is 0 Å². The van der Waals surface area contributed by atoms with Crippen molar-refractivity contribution in [2.45, 2.75) is 25.1 Å². The van der Waals surface area contributed by atoms with Crippen molar-refractivity contribution in [1.29, 1.82) is 5.26 Å². The van der Waals surface area contributed by atoms with Crippen LogP contribution in [-0.4, -0.2) is 21.3 Å². The van der Waals surface area contributed by atoms with Gasteiger partial charge in [0.2, 0.25) is 0 Å². The standard InChI is InChI=1S/C16H17N3S/c1-11-6-12(8-17)4-5-14(11)15-9-18-19-10-13(20(2)3)7-16(15)19/h2,4-6,9,13,20H,7,10H2,1,3H3/t13-/m1/s1. The first-order chi connectivity index (χ1) is 9.60. The van der Waals surface area contributed by atoms with Gasteiger partial charge in [0.05, 0.1) is 24.4 Å². The molecular formula is C16H17N3S. The van der Waals surface area contributed by atoms with Crippen LogP contribution in [0, 0.1) is 23.9 Å². The van der Waals surface area contributed by atoms with Crippen LogP contribution in [0.25, 0.3) is 11.1 Å². The first-order valence-corrected chi connectivity index (χ1v) is 8.56. The van der Waals surface area contributed by atoms with E-state index in [2.05, 4.69) is 22.1 Å². The molecule has 0 spiro atoms. The van der Waals surface area contributed by atoms with Gasteiger partial charge in [-0.2, -0.15) is 10.4 Å². The Morgan fingerprint density at radius 2 is 2.25 bits per heavy atom. The van der Waals surface area contributed by atoms with Gasteiger partial charge in [-0.25, -0.2) is 10.3 Å². The highest BCUT2D eigenvalue weighted by Crippen LogP contribution is 2.34. The zero-order valence-electron chi connectivity index (χ0n) is 11.7. The number of aryl methyl sites for hydroxylation is 1. The normalized spacial score (nSPS) is 18.5. The molecule has 0 N–H and O–H groups in total. The molecule has 3 rings (SSSR count). The van der Waals surface area contributed by atoms with Gasteiger partial charge in [0.25, 0.3) is 0 Å². The van der Waals surface area contributed by atoms with Crippen LogP contribution in [0.3, 0.4) is 0 Å². The maximum atomic E-state index is 8.96. The zero-order chi connectivity index (χ0) is 14.3. The fourth-order valence-electron chi connectivity index (χ4n) is 2.80. The minimum Gasteiger partial charge on any atom is -0.268 e. The molecule has 0 saturated carbocycles. The molecule has 102 valence electrons. The van der Waals surface area contributed by atoms with Crippen molar-refractivity contribution < 1.29 is 0 Å². The zero-order valence-corrected chi connectivity index (χ0v) is 12.6. The van der Waals surface area contributed by atoms with E-state index in [-0.39, 0.29) is 0 Å². The van der Waals surface area contributed by atoms with E-state index in [1.807, 2.05) is 31.3 Å². The predicted octanol–water partition coefficient (Wildman–Crippen LogP) is 2.87. The molecule has 2 heterocycles. The number of hydrogen-bond donors (Lipinski definition) is 1. The molecule has 0 fully saturated rings. The molecule has 1 aromatic heterocycles. The second kappa shape index (κ2) is 4.86. The second-order valence-electron chi connectivity index (χ2n) is 5.35. The van der Waals surface area contributed by atoms with E-state index in [0.29, 0.717) is 10.8 Å². The summed E-state index contributed by atoms with van der Waals surface area (Å²) in [5, 5.41) is 14.0. The minimum absolute atomic E-state index is 0.423. The molecule has 4 heteroatoms. The summed E-state index contributed by atoms with van der Waals surface area (Å²) in [5.74, 6) is 0. The number of thiol groups is 1. The van der Waals surface area contributed by atoms with Crippen LogP contribution in [0.15, 0.2) is 24.4 Å². The average molecular weight is 283 g/mol. The van der Waals surface area contributed by atoms with Crippen LogP contribution in [0.2, 0.25) is 0 Å². The molecule has 1 aliphatic heterocycles. The third-order valence-electron chi connectivity index (χ3n) is 3.98. The first-order valence-electron chi connectivity index (χ1n) is 6.63. The number of rotatable bonds is 1. The molecule has 2 aromatic rings. The number of fused-ring (bicyclic) bond motifs is 1. The highest BCUT2D eigenvalue weighted by molar-refractivity contribution is 8.06. The monoisotopic (exact) mass is 283 g/mol. The molecule has 0 aliphatic carbocycles. The van der Waals surface area contributed by atoms with Crippen LogP contribution in [0.4, 0.5) is 0 Å². The van der Waals surface area contributed by atoms with Crippen molar-refractivity contribution in [3.05, 3.63) is 41.2 Å². The van der Waals surface area contributed by atoms with Gasteiger partial charge in [-0.05, 0) is 36.4 Å². The molecule has 0 bridgehead atoms. The molecule has 0 radical (unpaired) electrons. The van der Waals surface area contributed by atoms with Gasteiger partial charge in [0.1, 0.15) is 0 Å². The highest BCUT2D eigenvalue weighted by Gasteiger charge is 2.25. The van der Waals surface area contributed by atoms with E-state index in [1.165, 1.54) is 16.8 Å². The fourth-order valence-corrected chi connectivity index (χ4v) is 3.68. The Morgan fingerprint density at radius 3 is 2.90 bits per heavy atom. The van der Waals surface area contributed by atoms with Crippen LogP contribution < -0.4 is 0 Å². The Kier molecular flexibility index (Phi) is 3.17. The van der Waals surface area contributed by atoms with Crippen LogP contribution in [0.1, 0.15) is 16.8 Å². The van der Waals surface area contributed by atoms with Crippen molar-refractivity contribution in [2.24, 2.45) is 0 Å². The van der Waals surface area contributed by atoms with Crippen molar-refractivity contribution >= 4 is 10.3 Å². The maximum Gasteiger partial charge on any atom is 0.0991 e. The lowest BCUT2D eigenvalue weighted by molar-refractivity contribution is 0.665. The topological polar surface area (TPSA) is 41.6 Å². The molecule has 1 aromatic carbocycles. The van der Waals surface area contributed by atoms with Gasteiger partial charge < -0.3 is 0 Å². The summed E-state index contributed by atoms with van der Waals surface area (Å²) in [6, 6.07) is 8.01. The van der Waals surface area contributed by atoms with Crippen molar-refractivity contribution in [3.8, 4) is 22.9 Å². The average Bonchev–Trinajstić information content (AvgIpc) is 2.99. The number of hydrogen-bond acceptors (Lipinski definition) is 2. The lowest BCUT2D eigenvalue weighted by Crippen LogP contribution is -2.05. The number of benzene rings is 1. The molecule has 1 unspecified atom stereocenters. The minimum atomic E-state index is -0.423. The first kappa shape index (κ1) is 13.1. The van der Waals surface area contributed by atoms with E-state index < -0.39 is 10.3 Å². The molecule has 0 saturated heterocycles. The second-order valence-corrected chi connectivity index (χ2v) is 7.41. The largest absolute Gasteiger partial charge is 0.268 e. The maximum absolute atomic E-state index is 8.96. The number of nitrogens with zero attached hydrogens (tertiary/aromatic N) is 3. The van der Waals surface area contributed by atoms with Crippen molar-refractivity contribution in [2.75, 3.05) is 6.26 Å². The van der Waals surface area contributed by atoms with Gasteiger partial charge in [-0.15, -0.1) is 5.69 Å². The van der Waals surface area contributed by atoms with Gasteiger partial charge in [-0.3, -0.25) is 4.68 Å². The Morgan fingerprint density at radius 1 is 1.45 bits per heavy atom. The quantitative estimate of drug-likeness (QED) is 0.818. The lowest BCUT2D eigenvalue weighted by atomic mass is 9.98. The van der Waals surface area contributed by atoms with E-state index in [9.17, 15) is 0 Å². The Bertz CT molecular complexity index is 786. The van der Waals surface area contributed by atoms with Crippen molar-refractivity contribution in [1.82, 2.24) is 9.78 Å². The smallest absolute Gasteiger partial charge is 0.0991 e. The number of nitriles is 1. The van der Waals surface area contributed by atoms with Crippen LogP contribution >= 0.6 is 10.3 Å². The Balaban J connectivity index is 2.03. The molecule has 3 nitrogen and oxygen atoms in total. The van der Waals surface area contributed by atoms with Crippen molar-refractivity contribution in [3.63, 3.8) is 0 Å². The molecule has 2 atom stereocenters. The SMILES string of the molecule is C#[SH](C)[C@@H]1Cc2c(-c3ccc(C#N)cc3C)cnn2C1. The van der Waals surface area contributed by atoms with Crippen LogP contribution in [-0.2, 0) is 13.0 Å². The van der Waals surface area contributed by atoms with Crippen LogP contribution in [0.5, 0.6) is 0 Å². The highest BCUT2D eigenvalue weighted by atomic mass is 32.2. The van der Waals surface area contributed by atoms with E-state index in [0.717, 1.165) is 18.5 Å². The summed E-state index contributed by atoms with van der Waals surface area (Å²) >= 11 is 0. The predicted molar refractivity (Wildman–Crippen MR) is 84.5 cm³/mol. The summed E-state index contributed by atoms with van der Waals surface area (Å²) in [6.07, 6.45) is 5.07. The summed E-state index contributed by atoms with van der Waals surface area (Å²) < 4.78 is 2.09. The molecule has 20 heavy (non-hydrogen) atoms. The van der Waals surface area contributed by atoms with E-state index >= 15 is 0 Å². The summed E-state index contributed by atoms with van der Waals surface area (Å²) in [7, 11) is -0.423. The summed E-state index contributed by atoms with van der Waals surface area (Å²) in [5.41, 5.74) is 11.5. The Labute approximate surface area is 121 Å². The third-order valence-corrected chi connectivity index (χ3v) is 5.48. The summed E-state index contributed by atoms with van der Waals surface area (Å²) in [6.45, 7) is 2.98. The third kappa shape index (κ3) is 2.06. The molecule has 1 aliphatic rings. The molecular weight excluding hydrogens is 266 g/mol. The lowest BCUT2D eigenvalue weighted by Gasteiger charge is -2.08. The fraction of sp³-hybridized carbons (Fsp3) is 0.312. The van der Waals surface area contributed by atoms with Gasteiger partial charge in [0, 0.05) is 22.9 Å².